The number of carbonyl (C=O) groups excluding carboxylic acids is 2. The average molecular weight is 329 g/mol. The van der Waals surface area contributed by atoms with Crippen molar-refractivity contribution in [2.75, 3.05) is 46.3 Å². The third-order valence-electron chi connectivity index (χ3n) is 5.24. The highest BCUT2D eigenvalue weighted by Gasteiger charge is 2.31. The van der Waals surface area contributed by atoms with E-state index in [0.717, 1.165) is 50.1 Å². The molecule has 2 saturated heterocycles. The molecular formula is C19H27N3O2. The van der Waals surface area contributed by atoms with Gasteiger partial charge in [0.15, 0.2) is 0 Å². The van der Waals surface area contributed by atoms with Gasteiger partial charge in [-0.3, -0.25) is 9.59 Å². The highest BCUT2D eigenvalue weighted by molar-refractivity contribution is 5.94. The standard InChI is InChI=1S/C19H27N3O2/c1-15-3-5-16(6-4-15)18(23)21-9-7-17(8-10-21)19(24)22-13-11-20(2)12-14-22/h3-6,17H,7-14H2,1-2H3. The first-order valence-electron chi connectivity index (χ1n) is 8.88. The number of rotatable bonds is 2. The summed E-state index contributed by atoms with van der Waals surface area (Å²) in [4.78, 5) is 31.3. The zero-order chi connectivity index (χ0) is 17.1. The largest absolute Gasteiger partial charge is 0.340 e. The van der Waals surface area contributed by atoms with Gasteiger partial charge < -0.3 is 14.7 Å². The van der Waals surface area contributed by atoms with Gasteiger partial charge in [0.25, 0.3) is 5.91 Å². The summed E-state index contributed by atoms with van der Waals surface area (Å²) >= 11 is 0. The van der Waals surface area contributed by atoms with Gasteiger partial charge in [0.05, 0.1) is 0 Å². The smallest absolute Gasteiger partial charge is 0.253 e. The van der Waals surface area contributed by atoms with Crippen LogP contribution in [0, 0.1) is 12.8 Å². The van der Waals surface area contributed by atoms with E-state index in [1.54, 1.807) is 0 Å². The van der Waals surface area contributed by atoms with Crippen molar-refractivity contribution in [1.82, 2.24) is 14.7 Å². The van der Waals surface area contributed by atoms with Gasteiger partial charge in [-0.2, -0.15) is 0 Å². The molecule has 1 aromatic rings. The van der Waals surface area contributed by atoms with Gasteiger partial charge in [-0.25, -0.2) is 0 Å². The second kappa shape index (κ2) is 7.34. The van der Waals surface area contributed by atoms with Crippen LogP contribution in [0.2, 0.25) is 0 Å². The molecule has 130 valence electrons. The van der Waals surface area contributed by atoms with Crippen LogP contribution >= 0.6 is 0 Å². The summed E-state index contributed by atoms with van der Waals surface area (Å²) in [5.41, 5.74) is 1.90. The fourth-order valence-corrected chi connectivity index (χ4v) is 3.49. The number of carbonyl (C=O) groups is 2. The summed E-state index contributed by atoms with van der Waals surface area (Å²) in [7, 11) is 2.09. The van der Waals surface area contributed by atoms with Gasteiger partial charge in [-0.15, -0.1) is 0 Å². The molecule has 0 N–H and O–H groups in total. The monoisotopic (exact) mass is 329 g/mol. The number of aryl methyl sites for hydroxylation is 1. The number of likely N-dealkylation sites (tertiary alicyclic amines) is 1. The molecule has 2 amide bonds. The number of likely N-dealkylation sites (N-methyl/N-ethyl adjacent to an activating group) is 1. The van der Waals surface area contributed by atoms with Gasteiger partial charge in [0.1, 0.15) is 0 Å². The minimum Gasteiger partial charge on any atom is -0.340 e. The van der Waals surface area contributed by atoms with Crippen molar-refractivity contribution >= 4 is 11.8 Å². The zero-order valence-electron chi connectivity index (χ0n) is 14.7. The van der Waals surface area contributed by atoms with E-state index in [-0.39, 0.29) is 17.7 Å². The molecule has 0 aromatic heterocycles. The van der Waals surface area contributed by atoms with Crippen LogP contribution in [0.3, 0.4) is 0 Å². The van der Waals surface area contributed by atoms with E-state index in [2.05, 4.69) is 11.9 Å². The summed E-state index contributed by atoms with van der Waals surface area (Å²) < 4.78 is 0. The molecule has 0 aliphatic carbocycles. The Hall–Kier alpha value is -1.88. The van der Waals surface area contributed by atoms with Gasteiger partial charge in [0.2, 0.25) is 5.91 Å². The molecule has 1 aromatic carbocycles. The Morgan fingerprint density at radius 1 is 0.875 bits per heavy atom. The number of hydrogen-bond acceptors (Lipinski definition) is 3. The predicted molar refractivity (Wildman–Crippen MR) is 93.9 cm³/mol. The average Bonchev–Trinajstić information content (AvgIpc) is 2.62. The zero-order valence-corrected chi connectivity index (χ0v) is 14.7. The Bertz CT molecular complexity index is 583. The van der Waals surface area contributed by atoms with E-state index in [4.69, 9.17) is 0 Å². The molecule has 0 atom stereocenters. The lowest BCUT2D eigenvalue weighted by atomic mass is 9.94. The van der Waals surface area contributed by atoms with Crippen molar-refractivity contribution in [3.05, 3.63) is 35.4 Å². The van der Waals surface area contributed by atoms with Crippen LogP contribution in [0.15, 0.2) is 24.3 Å². The maximum Gasteiger partial charge on any atom is 0.253 e. The third-order valence-corrected chi connectivity index (χ3v) is 5.24. The summed E-state index contributed by atoms with van der Waals surface area (Å²) in [6.07, 6.45) is 1.56. The molecule has 0 radical (unpaired) electrons. The summed E-state index contributed by atoms with van der Waals surface area (Å²) in [5.74, 6) is 0.446. The third kappa shape index (κ3) is 3.78. The Balaban J connectivity index is 1.52. The Kier molecular flexibility index (Phi) is 5.19. The molecule has 0 saturated carbocycles. The van der Waals surface area contributed by atoms with Crippen LogP contribution in [0.4, 0.5) is 0 Å². The molecule has 2 heterocycles. The van der Waals surface area contributed by atoms with Crippen LogP contribution < -0.4 is 0 Å². The van der Waals surface area contributed by atoms with Gasteiger partial charge in [0, 0.05) is 50.7 Å². The first kappa shape index (κ1) is 17.0. The summed E-state index contributed by atoms with van der Waals surface area (Å²) in [6.45, 7) is 6.94. The maximum atomic E-state index is 12.6. The Morgan fingerprint density at radius 2 is 1.46 bits per heavy atom. The number of benzene rings is 1. The van der Waals surface area contributed by atoms with Crippen LogP contribution in [0.25, 0.3) is 0 Å². The van der Waals surface area contributed by atoms with E-state index in [1.165, 1.54) is 0 Å². The normalized spacial score (nSPS) is 20.2. The van der Waals surface area contributed by atoms with E-state index >= 15 is 0 Å². The first-order valence-corrected chi connectivity index (χ1v) is 8.88. The summed E-state index contributed by atoms with van der Waals surface area (Å²) in [5, 5.41) is 0. The number of nitrogens with zero attached hydrogens (tertiary/aromatic N) is 3. The van der Waals surface area contributed by atoms with Crippen molar-refractivity contribution < 1.29 is 9.59 Å². The minimum atomic E-state index is 0.0791. The van der Waals surface area contributed by atoms with E-state index < -0.39 is 0 Å². The number of piperazine rings is 1. The molecule has 2 aliphatic rings. The predicted octanol–water partition coefficient (Wildman–Crippen LogP) is 1.62. The highest BCUT2D eigenvalue weighted by atomic mass is 16.2. The van der Waals surface area contributed by atoms with Crippen LogP contribution in [-0.2, 0) is 4.79 Å². The van der Waals surface area contributed by atoms with Crippen LogP contribution in [0.1, 0.15) is 28.8 Å². The molecule has 3 rings (SSSR count). The minimum absolute atomic E-state index is 0.0791. The van der Waals surface area contributed by atoms with Crippen molar-refractivity contribution in [3.63, 3.8) is 0 Å². The molecule has 0 bridgehead atoms. The molecule has 2 fully saturated rings. The number of piperidine rings is 1. The quantitative estimate of drug-likeness (QED) is 0.828. The highest BCUT2D eigenvalue weighted by Crippen LogP contribution is 2.22. The lowest BCUT2D eigenvalue weighted by Crippen LogP contribution is -2.51. The van der Waals surface area contributed by atoms with Crippen LogP contribution in [-0.4, -0.2) is 72.8 Å². The second-order valence-corrected chi connectivity index (χ2v) is 7.06. The van der Waals surface area contributed by atoms with Gasteiger partial charge in [-0.05, 0) is 38.9 Å². The Labute approximate surface area is 144 Å². The van der Waals surface area contributed by atoms with E-state index in [1.807, 2.05) is 41.0 Å². The molecule has 24 heavy (non-hydrogen) atoms. The molecule has 5 nitrogen and oxygen atoms in total. The Morgan fingerprint density at radius 3 is 2.04 bits per heavy atom. The summed E-state index contributed by atoms with van der Waals surface area (Å²) in [6, 6.07) is 7.71. The van der Waals surface area contributed by atoms with Crippen molar-refractivity contribution in [2.45, 2.75) is 19.8 Å². The second-order valence-electron chi connectivity index (χ2n) is 7.06. The SMILES string of the molecule is Cc1ccc(C(=O)N2CCC(C(=O)N3CCN(C)CC3)CC2)cc1. The van der Waals surface area contributed by atoms with Crippen LogP contribution in [0.5, 0.6) is 0 Å². The number of hydrogen-bond donors (Lipinski definition) is 0. The first-order chi connectivity index (χ1) is 11.5. The lowest BCUT2D eigenvalue weighted by Gasteiger charge is -2.37. The van der Waals surface area contributed by atoms with Crippen molar-refractivity contribution in [2.24, 2.45) is 5.92 Å². The van der Waals surface area contributed by atoms with Gasteiger partial charge in [-0.1, -0.05) is 17.7 Å². The fourth-order valence-electron chi connectivity index (χ4n) is 3.49. The number of amides is 2. The molecular weight excluding hydrogens is 302 g/mol. The van der Waals surface area contributed by atoms with Gasteiger partial charge >= 0.3 is 0 Å². The maximum absolute atomic E-state index is 12.6. The van der Waals surface area contributed by atoms with Crippen molar-refractivity contribution in [1.29, 1.82) is 0 Å². The molecule has 0 spiro atoms. The lowest BCUT2D eigenvalue weighted by molar-refractivity contribution is -0.138. The molecule has 2 aliphatic heterocycles. The van der Waals surface area contributed by atoms with E-state index in [9.17, 15) is 9.59 Å². The molecule has 5 heteroatoms. The van der Waals surface area contributed by atoms with E-state index in [0.29, 0.717) is 13.1 Å². The molecule has 0 unspecified atom stereocenters. The topological polar surface area (TPSA) is 43.9 Å². The fraction of sp³-hybridized carbons (Fsp3) is 0.579. The van der Waals surface area contributed by atoms with Crippen molar-refractivity contribution in [3.8, 4) is 0 Å².